The van der Waals surface area contributed by atoms with E-state index in [0.29, 0.717) is 6.42 Å². The molecule has 4 heteroatoms. The summed E-state index contributed by atoms with van der Waals surface area (Å²) in [6.07, 6.45) is 1.88. The zero-order valence-electron chi connectivity index (χ0n) is 8.03. The molecule has 0 heterocycles. The fourth-order valence-corrected chi connectivity index (χ4v) is 1.78. The summed E-state index contributed by atoms with van der Waals surface area (Å²) in [4.78, 5) is 33.3. The molecule has 0 saturated heterocycles. The molecule has 1 fully saturated rings. The molecule has 0 aromatic heterocycles. The van der Waals surface area contributed by atoms with Gasteiger partial charge in [0.05, 0.1) is 5.92 Å². The van der Waals surface area contributed by atoms with Crippen LogP contribution in [0.3, 0.4) is 0 Å². The molecule has 2 atom stereocenters. The predicted molar refractivity (Wildman–Crippen MR) is 48.5 cm³/mol. The average Bonchev–Trinajstić information content (AvgIpc) is 2.11. The van der Waals surface area contributed by atoms with Gasteiger partial charge in [0.25, 0.3) is 0 Å². The molecule has 14 heavy (non-hydrogen) atoms. The van der Waals surface area contributed by atoms with Crippen LogP contribution < -0.4 is 0 Å². The molecule has 1 radical (unpaired) electrons. The van der Waals surface area contributed by atoms with Gasteiger partial charge in [-0.25, -0.2) is 0 Å². The summed E-state index contributed by atoms with van der Waals surface area (Å²) in [6.45, 7) is 1.72. The van der Waals surface area contributed by atoms with Crippen molar-refractivity contribution in [3.05, 3.63) is 6.42 Å². The highest BCUT2D eigenvalue weighted by Crippen LogP contribution is 2.27. The highest BCUT2D eigenvalue weighted by molar-refractivity contribution is 6.01. The van der Waals surface area contributed by atoms with Crippen LogP contribution in [0.25, 0.3) is 0 Å². The van der Waals surface area contributed by atoms with Gasteiger partial charge in [-0.2, -0.15) is 0 Å². The first-order valence-electron chi connectivity index (χ1n) is 4.67. The van der Waals surface area contributed by atoms with Gasteiger partial charge >= 0.3 is 5.97 Å². The Morgan fingerprint density at radius 1 is 1.64 bits per heavy atom. The second-order valence-electron chi connectivity index (χ2n) is 3.50. The largest absolute Gasteiger partial charge is 0.481 e. The molecular weight excluding hydrogens is 184 g/mol. The molecule has 0 aromatic rings. The molecule has 0 bridgehead atoms. The Kier molecular flexibility index (Phi) is 3.38. The summed E-state index contributed by atoms with van der Waals surface area (Å²) >= 11 is 0. The molecule has 1 N–H and O–H groups in total. The molecule has 0 aliphatic heterocycles. The number of rotatable bonds is 3. The summed E-state index contributed by atoms with van der Waals surface area (Å²) in [5.41, 5.74) is 0. The number of carbonyl (C=O) groups is 3. The molecule has 1 saturated carbocycles. The Balaban J connectivity index is 2.76. The Bertz CT molecular complexity index is 269. The number of hydrogen-bond acceptors (Lipinski definition) is 3. The van der Waals surface area contributed by atoms with Gasteiger partial charge in [-0.05, 0) is 6.42 Å². The summed E-state index contributed by atoms with van der Waals surface area (Å²) in [5.74, 6) is -2.55. The maximum atomic E-state index is 11.4. The van der Waals surface area contributed by atoms with Crippen molar-refractivity contribution in [3.8, 4) is 0 Å². The van der Waals surface area contributed by atoms with Crippen LogP contribution >= 0.6 is 0 Å². The van der Waals surface area contributed by atoms with Gasteiger partial charge in [0, 0.05) is 25.2 Å². The van der Waals surface area contributed by atoms with Crippen LogP contribution in [0.5, 0.6) is 0 Å². The highest BCUT2D eigenvalue weighted by atomic mass is 16.4. The fraction of sp³-hybridized carbons (Fsp3) is 0.600. The first-order chi connectivity index (χ1) is 6.56. The normalized spacial score (nSPS) is 24.8. The van der Waals surface area contributed by atoms with Gasteiger partial charge in [0.1, 0.15) is 11.6 Å². The van der Waals surface area contributed by atoms with E-state index in [-0.39, 0.29) is 24.4 Å². The van der Waals surface area contributed by atoms with E-state index in [9.17, 15) is 14.4 Å². The topological polar surface area (TPSA) is 71.4 Å². The van der Waals surface area contributed by atoms with Crippen molar-refractivity contribution < 1.29 is 19.5 Å². The summed E-state index contributed by atoms with van der Waals surface area (Å²) < 4.78 is 0. The van der Waals surface area contributed by atoms with Gasteiger partial charge in [-0.1, -0.05) is 6.92 Å². The van der Waals surface area contributed by atoms with Gasteiger partial charge in [0.15, 0.2) is 0 Å². The van der Waals surface area contributed by atoms with E-state index >= 15 is 0 Å². The van der Waals surface area contributed by atoms with Crippen LogP contribution in [0.2, 0.25) is 0 Å². The Morgan fingerprint density at radius 3 is 2.79 bits per heavy atom. The van der Waals surface area contributed by atoms with Crippen LogP contribution in [-0.2, 0) is 14.4 Å². The molecule has 77 valence electrons. The van der Waals surface area contributed by atoms with E-state index in [4.69, 9.17) is 5.11 Å². The van der Waals surface area contributed by atoms with Crippen LogP contribution in [0.1, 0.15) is 26.2 Å². The van der Waals surface area contributed by atoms with E-state index in [1.165, 1.54) is 6.42 Å². The molecule has 0 spiro atoms. The van der Waals surface area contributed by atoms with Crippen LogP contribution in [0, 0.1) is 18.3 Å². The lowest BCUT2D eigenvalue weighted by atomic mass is 9.77. The van der Waals surface area contributed by atoms with E-state index in [1.54, 1.807) is 6.92 Å². The van der Waals surface area contributed by atoms with Crippen molar-refractivity contribution in [1.82, 2.24) is 0 Å². The summed E-state index contributed by atoms with van der Waals surface area (Å²) in [5, 5.41) is 8.86. The number of Topliss-reactive ketones (excluding diaryl/α,β-unsaturated/α-hetero) is 2. The second kappa shape index (κ2) is 4.35. The Labute approximate surface area is 82.3 Å². The quantitative estimate of drug-likeness (QED) is 0.728. The van der Waals surface area contributed by atoms with Crippen molar-refractivity contribution in [1.29, 1.82) is 0 Å². The minimum Gasteiger partial charge on any atom is -0.481 e. The average molecular weight is 197 g/mol. The minimum absolute atomic E-state index is 0.0592. The van der Waals surface area contributed by atoms with E-state index < -0.39 is 17.8 Å². The second-order valence-corrected chi connectivity index (χ2v) is 3.50. The maximum absolute atomic E-state index is 11.4. The van der Waals surface area contributed by atoms with Crippen molar-refractivity contribution >= 4 is 17.5 Å². The van der Waals surface area contributed by atoms with Crippen LogP contribution in [-0.4, -0.2) is 22.6 Å². The lowest BCUT2D eigenvalue weighted by Crippen LogP contribution is -2.35. The van der Waals surface area contributed by atoms with Gasteiger partial charge in [-0.15, -0.1) is 0 Å². The lowest BCUT2D eigenvalue weighted by molar-refractivity contribution is -0.148. The number of ketones is 2. The van der Waals surface area contributed by atoms with Crippen LogP contribution in [0.4, 0.5) is 0 Å². The SMILES string of the molecule is CCC(C(=O)O)C1CC(=O)[CH]CC1=O. The lowest BCUT2D eigenvalue weighted by Gasteiger charge is -2.24. The Hall–Kier alpha value is -1.19. The third kappa shape index (κ3) is 2.19. The minimum atomic E-state index is -0.986. The number of hydrogen-bond donors (Lipinski definition) is 1. The van der Waals surface area contributed by atoms with Gasteiger partial charge < -0.3 is 5.11 Å². The number of carbonyl (C=O) groups excluding carboxylic acids is 2. The molecule has 1 rings (SSSR count). The first-order valence-corrected chi connectivity index (χ1v) is 4.67. The van der Waals surface area contributed by atoms with Gasteiger partial charge in [0.2, 0.25) is 0 Å². The third-order valence-corrected chi connectivity index (χ3v) is 2.61. The Morgan fingerprint density at radius 2 is 2.29 bits per heavy atom. The van der Waals surface area contributed by atoms with Crippen molar-refractivity contribution in [2.45, 2.75) is 26.2 Å². The van der Waals surface area contributed by atoms with Gasteiger partial charge in [-0.3, -0.25) is 14.4 Å². The standard InChI is InChI=1S/C10H13O4/c1-2-7(10(13)14)8-5-6(11)3-4-9(8)12/h3,7-8H,2,4-5H2,1H3,(H,13,14). The number of carboxylic acid groups (broad SMARTS) is 1. The van der Waals surface area contributed by atoms with E-state index in [1.807, 2.05) is 0 Å². The molecule has 1 aliphatic carbocycles. The zero-order valence-corrected chi connectivity index (χ0v) is 8.03. The number of aliphatic carboxylic acids is 1. The number of carboxylic acids is 1. The van der Waals surface area contributed by atoms with E-state index in [2.05, 4.69) is 0 Å². The monoisotopic (exact) mass is 197 g/mol. The van der Waals surface area contributed by atoms with E-state index in [0.717, 1.165) is 0 Å². The zero-order chi connectivity index (χ0) is 10.7. The predicted octanol–water partition coefficient (Wildman–Crippen LogP) is 0.850. The van der Waals surface area contributed by atoms with Crippen molar-refractivity contribution in [3.63, 3.8) is 0 Å². The molecular formula is C10H13O4. The maximum Gasteiger partial charge on any atom is 0.307 e. The summed E-state index contributed by atoms with van der Waals surface area (Å²) in [6, 6.07) is 0. The highest BCUT2D eigenvalue weighted by Gasteiger charge is 2.36. The summed E-state index contributed by atoms with van der Waals surface area (Å²) in [7, 11) is 0. The molecule has 4 nitrogen and oxygen atoms in total. The fourth-order valence-electron chi connectivity index (χ4n) is 1.78. The molecule has 0 amide bonds. The van der Waals surface area contributed by atoms with Crippen molar-refractivity contribution in [2.24, 2.45) is 11.8 Å². The molecule has 2 unspecified atom stereocenters. The third-order valence-electron chi connectivity index (χ3n) is 2.61. The smallest absolute Gasteiger partial charge is 0.307 e. The van der Waals surface area contributed by atoms with Crippen molar-refractivity contribution in [2.75, 3.05) is 0 Å². The molecule has 0 aromatic carbocycles. The first kappa shape index (κ1) is 10.9. The van der Waals surface area contributed by atoms with Crippen LogP contribution in [0.15, 0.2) is 0 Å². The molecule has 1 aliphatic rings.